The zero-order valence-corrected chi connectivity index (χ0v) is 14.9. The summed E-state index contributed by atoms with van der Waals surface area (Å²) in [6, 6.07) is 20.0. The number of aromatic nitrogens is 2. The number of benzene rings is 2. The molecule has 3 unspecified atom stereocenters. The van der Waals surface area contributed by atoms with Crippen molar-refractivity contribution < 1.29 is 4.79 Å². The predicted molar refractivity (Wildman–Crippen MR) is 102 cm³/mol. The van der Waals surface area contributed by atoms with Gasteiger partial charge in [-0.2, -0.15) is 5.10 Å². The van der Waals surface area contributed by atoms with Crippen LogP contribution in [0.2, 0.25) is 0 Å². The minimum absolute atomic E-state index is 0.0106. The second kappa shape index (κ2) is 7.16. The standard InChI is InChI=1S/C22H23N3O/c1-16-14-20(16)21(18-6-3-2-4-7-18)24-22(26)19-10-8-17(9-11-19)15-25-13-5-12-23-25/h2-13,16,20-21H,14-15H2,1H3,(H,24,26). The Morgan fingerprint density at radius 2 is 1.88 bits per heavy atom. The van der Waals surface area contributed by atoms with Gasteiger partial charge in [0.15, 0.2) is 0 Å². The highest BCUT2D eigenvalue weighted by Crippen LogP contribution is 2.47. The molecule has 2 aromatic carbocycles. The van der Waals surface area contributed by atoms with Crippen LogP contribution in [-0.2, 0) is 6.54 Å². The third kappa shape index (κ3) is 3.69. The Morgan fingerprint density at radius 3 is 2.50 bits per heavy atom. The molecule has 3 atom stereocenters. The average molecular weight is 345 g/mol. The first-order valence-corrected chi connectivity index (χ1v) is 9.13. The van der Waals surface area contributed by atoms with E-state index < -0.39 is 0 Å². The Labute approximate surface area is 153 Å². The lowest BCUT2D eigenvalue weighted by Crippen LogP contribution is -2.30. The highest BCUT2D eigenvalue weighted by Gasteiger charge is 2.40. The second-order valence-corrected chi connectivity index (χ2v) is 7.14. The molecule has 0 radical (unpaired) electrons. The van der Waals surface area contributed by atoms with E-state index >= 15 is 0 Å². The van der Waals surface area contributed by atoms with Crippen LogP contribution in [0.15, 0.2) is 73.1 Å². The Hall–Kier alpha value is -2.88. The van der Waals surface area contributed by atoms with E-state index in [0.717, 1.165) is 5.56 Å². The Morgan fingerprint density at radius 1 is 1.15 bits per heavy atom. The van der Waals surface area contributed by atoms with Gasteiger partial charge in [0.2, 0.25) is 0 Å². The average Bonchev–Trinajstić information content (AvgIpc) is 3.16. The topological polar surface area (TPSA) is 46.9 Å². The van der Waals surface area contributed by atoms with Gasteiger partial charge in [0.25, 0.3) is 5.91 Å². The SMILES string of the molecule is CC1CC1C(NC(=O)c1ccc(Cn2cccn2)cc1)c1ccccc1. The number of hydrogen-bond acceptors (Lipinski definition) is 2. The molecular weight excluding hydrogens is 322 g/mol. The third-order valence-corrected chi connectivity index (χ3v) is 5.17. The van der Waals surface area contributed by atoms with Gasteiger partial charge in [0, 0.05) is 18.0 Å². The lowest BCUT2D eigenvalue weighted by molar-refractivity contribution is 0.0930. The van der Waals surface area contributed by atoms with E-state index in [9.17, 15) is 4.79 Å². The molecule has 1 fully saturated rings. The highest BCUT2D eigenvalue weighted by molar-refractivity contribution is 5.94. The summed E-state index contributed by atoms with van der Waals surface area (Å²) in [7, 11) is 0. The number of carbonyl (C=O) groups is 1. The van der Waals surface area contributed by atoms with Gasteiger partial charge in [-0.3, -0.25) is 9.48 Å². The molecule has 4 rings (SSSR count). The molecule has 26 heavy (non-hydrogen) atoms. The maximum atomic E-state index is 12.8. The molecule has 1 saturated carbocycles. The maximum absolute atomic E-state index is 12.8. The van der Waals surface area contributed by atoms with Gasteiger partial charge < -0.3 is 5.32 Å². The Balaban J connectivity index is 1.46. The molecule has 1 N–H and O–H groups in total. The van der Waals surface area contributed by atoms with Crippen molar-refractivity contribution >= 4 is 5.91 Å². The zero-order valence-electron chi connectivity index (χ0n) is 14.9. The molecule has 0 bridgehead atoms. The van der Waals surface area contributed by atoms with Crippen molar-refractivity contribution in [1.82, 2.24) is 15.1 Å². The minimum Gasteiger partial charge on any atom is -0.345 e. The summed E-state index contributed by atoms with van der Waals surface area (Å²) in [5, 5.41) is 7.46. The number of rotatable bonds is 6. The minimum atomic E-state index is -0.0106. The summed E-state index contributed by atoms with van der Waals surface area (Å²) in [5.74, 6) is 1.18. The zero-order chi connectivity index (χ0) is 17.9. The van der Waals surface area contributed by atoms with Crippen LogP contribution in [-0.4, -0.2) is 15.7 Å². The van der Waals surface area contributed by atoms with Crippen molar-refractivity contribution in [3.63, 3.8) is 0 Å². The van der Waals surface area contributed by atoms with Gasteiger partial charge in [-0.05, 0) is 47.6 Å². The van der Waals surface area contributed by atoms with Gasteiger partial charge in [-0.1, -0.05) is 49.4 Å². The van der Waals surface area contributed by atoms with Gasteiger partial charge in [-0.25, -0.2) is 0 Å². The Bertz CT molecular complexity index is 856. The number of carbonyl (C=O) groups excluding carboxylic acids is 1. The monoisotopic (exact) mass is 345 g/mol. The fourth-order valence-corrected chi connectivity index (χ4v) is 3.48. The van der Waals surface area contributed by atoms with Crippen LogP contribution >= 0.6 is 0 Å². The molecule has 1 aliphatic rings. The van der Waals surface area contributed by atoms with Crippen molar-refractivity contribution in [2.24, 2.45) is 11.8 Å². The van der Waals surface area contributed by atoms with E-state index in [2.05, 4.69) is 29.5 Å². The lowest BCUT2D eigenvalue weighted by atomic mass is 10.0. The first-order valence-electron chi connectivity index (χ1n) is 9.13. The summed E-state index contributed by atoms with van der Waals surface area (Å²) >= 11 is 0. The van der Waals surface area contributed by atoms with E-state index in [1.54, 1.807) is 6.20 Å². The van der Waals surface area contributed by atoms with Crippen molar-refractivity contribution in [3.8, 4) is 0 Å². The van der Waals surface area contributed by atoms with Gasteiger partial charge >= 0.3 is 0 Å². The van der Waals surface area contributed by atoms with Gasteiger partial charge in [0.05, 0.1) is 12.6 Å². The molecule has 4 heteroatoms. The van der Waals surface area contributed by atoms with Gasteiger partial charge in [-0.15, -0.1) is 0 Å². The van der Waals surface area contributed by atoms with Crippen molar-refractivity contribution in [2.45, 2.75) is 25.9 Å². The lowest BCUT2D eigenvalue weighted by Gasteiger charge is -2.19. The number of nitrogens with zero attached hydrogens (tertiary/aromatic N) is 2. The molecule has 0 aliphatic heterocycles. The van der Waals surface area contributed by atoms with E-state index in [4.69, 9.17) is 0 Å². The first-order chi connectivity index (χ1) is 12.7. The van der Waals surface area contributed by atoms with Crippen LogP contribution in [0.1, 0.15) is 40.9 Å². The molecule has 0 spiro atoms. The van der Waals surface area contributed by atoms with Crippen LogP contribution in [0.5, 0.6) is 0 Å². The van der Waals surface area contributed by atoms with Crippen LogP contribution in [0.25, 0.3) is 0 Å². The van der Waals surface area contributed by atoms with Crippen molar-refractivity contribution in [1.29, 1.82) is 0 Å². The molecule has 3 aromatic rings. The van der Waals surface area contributed by atoms with E-state index in [1.165, 1.54) is 12.0 Å². The number of amides is 1. The smallest absolute Gasteiger partial charge is 0.251 e. The van der Waals surface area contributed by atoms with Crippen LogP contribution < -0.4 is 5.32 Å². The highest BCUT2D eigenvalue weighted by atomic mass is 16.1. The van der Waals surface area contributed by atoms with E-state index in [-0.39, 0.29) is 11.9 Å². The summed E-state index contributed by atoms with van der Waals surface area (Å²) in [5.41, 5.74) is 3.01. The fourth-order valence-electron chi connectivity index (χ4n) is 3.48. The summed E-state index contributed by atoms with van der Waals surface area (Å²) < 4.78 is 1.87. The Kier molecular flexibility index (Phi) is 4.57. The maximum Gasteiger partial charge on any atom is 0.251 e. The molecule has 132 valence electrons. The number of hydrogen-bond donors (Lipinski definition) is 1. The predicted octanol–water partition coefficient (Wildman–Crippen LogP) is 4.06. The van der Waals surface area contributed by atoms with Crippen molar-refractivity contribution in [3.05, 3.63) is 89.7 Å². The van der Waals surface area contributed by atoms with E-state index in [0.29, 0.717) is 23.9 Å². The second-order valence-electron chi connectivity index (χ2n) is 7.14. The normalized spacial score (nSPS) is 19.7. The van der Waals surface area contributed by atoms with Gasteiger partial charge in [0.1, 0.15) is 0 Å². The quantitative estimate of drug-likeness (QED) is 0.732. The number of nitrogens with one attached hydrogen (secondary N) is 1. The molecule has 1 heterocycles. The van der Waals surface area contributed by atoms with Crippen LogP contribution in [0.3, 0.4) is 0 Å². The van der Waals surface area contributed by atoms with E-state index in [1.807, 2.05) is 59.4 Å². The molecule has 1 aromatic heterocycles. The third-order valence-electron chi connectivity index (χ3n) is 5.17. The molecule has 1 amide bonds. The molecular formula is C22H23N3O. The molecule has 0 saturated heterocycles. The fraction of sp³-hybridized carbons (Fsp3) is 0.273. The first kappa shape index (κ1) is 16.6. The summed E-state index contributed by atoms with van der Waals surface area (Å²) in [4.78, 5) is 12.8. The van der Waals surface area contributed by atoms with Crippen molar-refractivity contribution in [2.75, 3.05) is 0 Å². The summed E-state index contributed by atoms with van der Waals surface area (Å²) in [6.07, 6.45) is 4.87. The van der Waals surface area contributed by atoms with Crippen LogP contribution in [0.4, 0.5) is 0 Å². The summed E-state index contributed by atoms with van der Waals surface area (Å²) in [6.45, 7) is 2.96. The molecule has 4 nitrogen and oxygen atoms in total. The van der Waals surface area contributed by atoms with Crippen LogP contribution in [0, 0.1) is 11.8 Å². The largest absolute Gasteiger partial charge is 0.345 e. The molecule has 1 aliphatic carbocycles.